The van der Waals surface area contributed by atoms with Crippen LogP contribution in [0.4, 0.5) is 4.79 Å². The fourth-order valence-corrected chi connectivity index (χ4v) is 7.28. The molecule has 4 rings (SSSR count). The van der Waals surface area contributed by atoms with Gasteiger partial charge in [-0.3, -0.25) is 29.0 Å². The Kier molecular flexibility index (Phi) is 18.6. The summed E-state index contributed by atoms with van der Waals surface area (Å²) in [6, 6.07) is 2.78. The Hall–Kier alpha value is -5.65. The van der Waals surface area contributed by atoms with Crippen molar-refractivity contribution in [2.45, 2.75) is 116 Å². The lowest BCUT2D eigenvalue weighted by Crippen LogP contribution is -2.62. The Morgan fingerprint density at radius 2 is 1.76 bits per heavy atom. The van der Waals surface area contributed by atoms with Crippen molar-refractivity contribution < 1.29 is 58.4 Å². The first-order valence-corrected chi connectivity index (χ1v) is 21.2. The van der Waals surface area contributed by atoms with Crippen LogP contribution in [0.25, 0.3) is 0 Å². The number of ketones is 1. The third kappa shape index (κ3) is 14.2. The highest BCUT2D eigenvalue weighted by atomic mass is 16.6. The second-order valence-corrected chi connectivity index (χ2v) is 16.4. The molecule has 0 aliphatic carbocycles. The van der Waals surface area contributed by atoms with E-state index < -0.39 is 89.9 Å². The molecule has 0 saturated carbocycles. The second kappa shape index (κ2) is 23.5. The van der Waals surface area contributed by atoms with E-state index in [1.165, 1.54) is 48.4 Å². The molecule has 62 heavy (non-hydrogen) atoms. The fourth-order valence-electron chi connectivity index (χ4n) is 7.28. The van der Waals surface area contributed by atoms with E-state index in [4.69, 9.17) is 9.47 Å². The summed E-state index contributed by atoms with van der Waals surface area (Å²) >= 11 is 0. The van der Waals surface area contributed by atoms with Gasteiger partial charge < -0.3 is 40.2 Å². The van der Waals surface area contributed by atoms with Gasteiger partial charge in [0, 0.05) is 44.3 Å². The first kappa shape index (κ1) is 49.0. The van der Waals surface area contributed by atoms with Crippen LogP contribution in [0.1, 0.15) is 78.7 Å². The molecule has 338 valence electrons. The lowest BCUT2D eigenvalue weighted by atomic mass is 9.84. The molecule has 6 N–H and O–H groups in total. The number of carbonyl (C=O) groups excluding carboxylic acids is 7. The number of aromatic hydroxyl groups is 1. The Morgan fingerprint density at radius 1 is 1.00 bits per heavy atom. The number of rotatable bonds is 9. The first-order chi connectivity index (χ1) is 29.5. The predicted octanol–water partition coefficient (Wildman–Crippen LogP) is 2.70. The number of phenolic OH excluding ortho intramolecular Hbond substituents is 1. The molecule has 17 heteroatoms. The second-order valence-electron chi connectivity index (χ2n) is 16.4. The normalized spacial score (nSPS) is 28.8. The molecule has 1 unspecified atom stereocenters. The largest absolute Gasteiger partial charge is 0.508 e. The van der Waals surface area contributed by atoms with E-state index in [1.54, 1.807) is 58.1 Å². The summed E-state index contributed by atoms with van der Waals surface area (Å²) in [6.45, 7) is 8.64. The minimum Gasteiger partial charge on any atom is -0.508 e. The molecule has 1 aromatic carbocycles. The number of ether oxygens (including phenoxy) is 2. The Balaban J connectivity index is 1.70. The maximum atomic E-state index is 14.3. The molecule has 0 spiro atoms. The summed E-state index contributed by atoms with van der Waals surface area (Å²) in [5, 5.41) is 39.5. The number of Topliss-reactive ketones (excluding diaryl/α,β-unsaturated/α-hetero) is 1. The van der Waals surface area contributed by atoms with E-state index in [0.29, 0.717) is 30.4 Å². The topological polar surface area (TPSA) is 241 Å². The van der Waals surface area contributed by atoms with Crippen LogP contribution in [-0.4, -0.2) is 123 Å². The van der Waals surface area contributed by atoms with E-state index in [2.05, 4.69) is 16.1 Å². The SMILES string of the molecule is CC(=O)CC[C@H]1C(=O)N[C@@H](C(C)C)C(=O)N[C@@H](Cc2cccc(O)c2)C(=O)N2CCCC(N2)C(=O)O[C@H](/C(C)=C/C=C/C(=O)N2CCCOC2=O)C/C=C/C=C/[C@H](O)[C@H](C)[C@H]1O. The number of esters is 1. The number of aliphatic hydroxyl groups is 2. The number of benzene rings is 1. The van der Waals surface area contributed by atoms with Crippen LogP contribution in [0.3, 0.4) is 0 Å². The number of phenols is 1. The van der Waals surface area contributed by atoms with Crippen LogP contribution < -0.4 is 16.1 Å². The van der Waals surface area contributed by atoms with Gasteiger partial charge in [-0.2, -0.15) is 0 Å². The number of nitrogens with one attached hydrogen (secondary N) is 3. The molecule has 0 aromatic heterocycles. The molecular formula is C45H61N5O12. The minimum absolute atomic E-state index is 0.0435. The van der Waals surface area contributed by atoms with Crippen molar-refractivity contribution in [2.24, 2.45) is 17.8 Å². The standard InChI is InChI=1S/C45H61N5O12/c1-27(2)39-42(57)46-35(26-31-14-10-15-32(52)25-31)43(58)50-23-11-16-34(48-50)44(59)62-37(28(3)13-9-19-38(54)49-22-12-24-61-45(49)60)18-8-6-7-17-36(53)30(5)40(55)33(41(56)47-39)21-20-29(4)51/h6-10,13-15,17,19,25,27,30,33-37,39-40,48,52-53,55H,11-12,16,18,20-24,26H2,1-5H3,(H,46,57)(H,47,56)/b8-6+,17-7+,19-9+,28-13+/t30-,33+,34?,35-,36-,37-,39-,40+/m0/s1. The van der Waals surface area contributed by atoms with Crippen molar-refractivity contribution in [3.8, 4) is 5.75 Å². The summed E-state index contributed by atoms with van der Waals surface area (Å²) in [7, 11) is 0. The zero-order valence-corrected chi connectivity index (χ0v) is 36.0. The highest BCUT2D eigenvalue weighted by Gasteiger charge is 2.39. The monoisotopic (exact) mass is 863 g/mol. The molecule has 5 amide bonds. The lowest BCUT2D eigenvalue weighted by molar-refractivity contribution is -0.156. The zero-order chi connectivity index (χ0) is 45.5. The van der Waals surface area contributed by atoms with Gasteiger partial charge in [0.15, 0.2) is 0 Å². The highest BCUT2D eigenvalue weighted by molar-refractivity contribution is 5.99. The van der Waals surface area contributed by atoms with E-state index >= 15 is 0 Å². The van der Waals surface area contributed by atoms with Crippen molar-refractivity contribution in [1.29, 1.82) is 0 Å². The van der Waals surface area contributed by atoms with Crippen LogP contribution in [-0.2, 0) is 44.7 Å². The summed E-state index contributed by atoms with van der Waals surface area (Å²) in [4.78, 5) is 93.9. The van der Waals surface area contributed by atoms with Gasteiger partial charge in [0.2, 0.25) is 11.8 Å². The number of fused-ring (bicyclic) bond motifs is 2. The van der Waals surface area contributed by atoms with Crippen LogP contribution >= 0.6 is 0 Å². The maximum Gasteiger partial charge on any atom is 0.416 e. The highest BCUT2D eigenvalue weighted by Crippen LogP contribution is 2.24. The number of aliphatic hydroxyl groups excluding tert-OH is 2. The van der Waals surface area contributed by atoms with Gasteiger partial charge in [-0.25, -0.2) is 15.1 Å². The van der Waals surface area contributed by atoms with Crippen molar-refractivity contribution in [2.75, 3.05) is 19.7 Å². The van der Waals surface area contributed by atoms with E-state index in [-0.39, 0.29) is 56.9 Å². The minimum atomic E-state index is -1.44. The molecule has 3 heterocycles. The predicted molar refractivity (Wildman–Crippen MR) is 226 cm³/mol. The third-order valence-corrected chi connectivity index (χ3v) is 11.1. The molecule has 8 atom stereocenters. The van der Waals surface area contributed by atoms with Crippen molar-refractivity contribution in [3.63, 3.8) is 0 Å². The van der Waals surface area contributed by atoms with Gasteiger partial charge in [-0.05, 0) is 68.7 Å². The lowest BCUT2D eigenvalue weighted by Gasteiger charge is -2.36. The van der Waals surface area contributed by atoms with Crippen molar-refractivity contribution in [1.82, 2.24) is 26.0 Å². The molecule has 1 aromatic rings. The molecule has 3 aliphatic rings. The van der Waals surface area contributed by atoms with Crippen LogP contribution in [0.15, 0.2) is 72.4 Å². The van der Waals surface area contributed by atoms with Gasteiger partial charge >= 0.3 is 12.1 Å². The van der Waals surface area contributed by atoms with E-state index in [0.717, 1.165) is 4.90 Å². The number of hydrazine groups is 1. The third-order valence-electron chi connectivity index (χ3n) is 11.1. The molecule has 2 bridgehead atoms. The smallest absolute Gasteiger partial charge is 0.416 e. The zero-order valence-electron chi connectivity index (χ0n) is 36.0. The number of allylic oxidation sites excluding steroid dienone is 4. The molecule has 0 radical (unpaired) electrons. The number of cyclic esters (lactones) is 2. The van der Waals surface area contributed by atoms with Crippen LogP contribution in [0.5, 0.6) is 5.75 Å². The fraction of sp³-hybridized carbons (Fsp3) is 0.533. The van der Waals surface area contributed by atoms with Gasteiger partial charge in [0.1, 0.15) is 35.8 Å². The molecule has 3 aliphatic heterocycles. The maximum absolute atomic E-state index is 14.3. The Bertz CT molecular complexity index is 1910. The molecular weight excluding hydrogens is 803 g/mol. The summed E-state index contributed by atoms with van der Waals surface area (Å²) < 4.78 is 11.0. The average Bonchev–Trinajstić information content (AvgIpc) is 3.23. The number of imide groups is 1. The number of hydrogen-bond donors (Lipinski definition) is 6. The van der Waals surface area contributed by atoms with Crippen LogP contribution in [0.2, 0.25) is 0 Å². The van der Waals surface area contributed by atoms with Gasteiger partial charge in [-0.15, -0.1) is 0 Å². The molecule has 17 nitrogen and oxygen atoms in total. The molecule has 2 saturated heterocycles. The van der Waals surface area contributed by atoms with Crippen molar-refractivity contribution >= 4 is 41.5 Å². The first-order valence-electron chi connectivity index (χ1n) is 21.2. The van der Waals surface area contributed by atoms with Gasteiger partial charge in [-0.1, -0.05) is 69.4 Å². The number of amides is 5. The van der Waals surface area contributed by atoms with Crippen molar-refractivity contribution in [3.05, 3.63) is 77.9 Å². The summed E-state index contributed by atoms with van der Waals surface area (Å²) in [5.74, 6) is -6.13. The Morgan fingerprint density at radius 3 is 2.45 bits per heavy atom. The van der Waals surface area contributed by atoms with Gasteiger partial charge in [0.05, 0.1) is 24.7 Å². The van der Waals surface area contributed by atoms with E-state index in [1.807, 2.05) is 0 Å². The summed E-state index contributed by atoms with van der Waals surface area (Å²) in [6.07, 6.45) is 7.41. The van der Waals surface area contributed by atoms with E-state index in [9.17, 15) is 48.9 Å². The number of carbonyl (C=O) groups is 7. The van der Waals surface area contributed by atoms with Gasteiger partial charge in [0.25, 0.3) is 11.8 Å². The number of nitrogens with zero attached hydrogens (tertiary/aromatic N) is 2. The molecule has 2 fully saturated rings. The quantitative estimate of drug-likeness (QED) is 0.119. The number of hydrogen-bond acceptors (Lipinski definition) is 13. The summed E-state index contributed by atoms with van der Waals surface area (Å²) in [5.41, 5.74) is 4.03. The average molecular weight is 864 g/mol. The van der Waals surface area contributed by atoms with Crippen LogP contribution in [0, 0.1) is 17.8 Å². The Labute approximate surface area is 362 Å².